The number of hydrogen-bond donors (Lipinski definition) is 1. The van der Waals surface area contributed by atoms with Crippen LogP contribution in [0.15, 0.2) is 10.1 Å². The van der Waals surface area contributed by atoms with Gasteiger partial charge in [0, 0.05) is 0 Å². The van der Waals surface area contributed by atoms with E-state index in [2.05, 4.69) is 15.5 Å². The molecule has 0 aromatic rings. The Kier molecular flexibility index (Phi) is 4.57. The van der Waals surface area contributed by atoms with Crippen molar-refractivity contribution in [1.82, 2.24) is 5.43 Å². The van der Waals surface area contributed by atoms with E-state index in [0.717, 1.165) is 24.3 Å². The lowest BCUT2D eigenvalue weighted by Crippen LogP contribution is -2.32. The summed E-state index contributed by atoms with van der Waals surface area (Å²) in [6.45, 7) is 1.95. The number of amidine groups is 1. The van der Waals surface area contributed by atoms with E-state index in [1.54, 1.807) is 0 Å². The third-order valence-electron chi connectivity index (χ3n) is 3.36. The van der Waals surface area contributed by atoms with Gasteiger partial charge >= 0.3 is 5.97 Å². The van der Waals surface area contributed by atoms with E-state index in [0.29, 0.717) is 18.0 Å². The fourth-order valence-electron chi connectivity index (χ4n) is 2.33. The minimum Gasteiger partial charge on any atom is -0.481 e. The van der Waals surface area contributed by atoms with Crippen molar-refractivity contribution in [3.8, 4) is 0 Å². The number of thioether (sulfide) groups is 1. The van der Waals surface area contributed by atoms with Gasteiger partial charge in [-0.1, -0.05) is 19.8 Å². The predicted octanol–water partition coefficient (Wildman–Crippen LogP) is 1.83. The second-order valence-corrected chi connectivity index (χ2v) is 5.66. The number of nitrogens with zero attached hydrogens (tertiary/aromatic N) is 3. The Morgan fingerprint density at radius 2 is 2.05 bits per heavy atom. The van der Waals surface area contributed by atoms with Crippen LogP contribution in [0.4, 0.5) is 0 Å². The Morgan fingerprint density at radius 1 is 1.37 bits per heavy atom. The van der Waals surface area contributed by atoms with Gasteiger partial charge < -0.3 is 5.11 Å². The van der Waals surface area contributed by atoms with E-state index in [1.807, 2.05) is 6.92 Å². The van der Waals surface area contributed by atoms with Gasteiger partial charge in [-0.3, -0.25) is 9.59 Å². The topological polar surface area (TPSA) is 93.2 Å². The number of aliphatic imine (C=N–C) groups is 1. The van der Waals surface area contributed by atoms with Crippen molar-refractivity contribution >= 4 is 33.8 Å². The van der Waals surface area contributed by atoms with Gasteiger partial charge in [0.15, 0.2) is 0 Å². The lowest BCUT2D eigenvalue weighted by atomic mass is 9.79. The molecule has 1 fully saturated rings. The first-order valence-corrected chi connectivity index (χ1v) is 7.24. The Hall–Kier alpha value is -1.37. The van der Waals surface area contributed by atoms with E-state index in [1.165, 1.54) is 11.8 Å². The van der Waals surface area contributed by atoms with E-state index < -0.39 is 17.8 Å². The Morgan fingerprint density at radius 3 is 2.63 bits per heavy atom. The molecule has 6 nitrogen and oxygen atoms in total. The van der Waals surface area contributed by atoms with E-state index in [4.69, 9.17) is 5.11 Å². The highest BCUT2D eigenvalue weighted by Gasteiger charge is 2.36. The third kappa shape index (κ3) is 3.34. The van der Waals surface area contributed by atoms with Crippen molar-refractivity contribution in [2.75, 3.05) is 0 Å². The zero-order valence-corrected chi connectivity index (χ0v) is 11.5. The van der Waals surface area contributed by atoms with Gasteiger partial charge in [-0.2, -0.15) is 4.99 Å². The zero-order chi connectivity index (χ0) is 13.8. The van der Waals surface area contributed by atoms with Crippen LogP contribution in [-0.2, 0) is 9.59 Å². The van der Waals surface area contributed by atoms with Gasteiger partial charge in [-0.05, 0) is 31.0 Å². The second kappa shape index (κ2) is 6.18. The largest absolute Gasteiger partial charge is 0.481 e. The van der Waals surface area contributed by atoms with Crippen LogP contribution < -0.4 is 5.43 Å². The molecule has 0 aromatic carbocycles. The number of amides is 1. The lowest BCUT2D eigenvalue weighted by Gasteiger charge is -2.25. The molecule has 1 radical (unpaired) electrons. The smallest absolute Gasteiger partial charge is 0.307 e. The molecule has 1 saturated carbocycles. The molecule has 1 aliphatic heterocycles. The zero-order valence-electron chi connectivity index (χ0n) is 10.7. The fraction of sp³-hybridized carbons (Fsp3) is 0.667. The van der Waals surface area contributed by atoms with Crippen molar-refractivity contribution < 1.29 is 14.7 Å². The van der Waals surface area contributed by atoms with Gasteiger partial charge in [0.2, 0.25) is 5.17 Å². The molecule has 1 amide bonds. The Labute approximate surface area is 115 Å². The van der Waals surface area contributed by atoms with Crippen LogP contribution >= 0.6 is 11.8 Å². The van der Waals surface area contributed by atoms with Crippen molar-refractivity contribution in [2.45, 2.75) is 39.0 Å². The molecular weight excluding hydrogens is 266 g/mol. The molecule has 0 saturated heterocycles. The van der Waals surface area contributed by atoms with Crippen LogP contribution in [0.1, 0.15) is 39.0 Å². The molecule has 1 N–H and O–H groups in total. The molecule has 2 unspecified atom stereocenters. The average molecular weight is 282 g/mol. The normalized spacial score (nSPS) is 28.9. The Balaban J connectivity index is 2.03. The fourth-order valence-corrected chi connectivity index (χ4v) is 2.99. The minimum atomic E-state index is -0.903. The summed E-state index contributed by atoms with van der Waals surface area (Å²) in [5.41, 5.74) is 3.83. The first-order valence-electron chi connectivity index (χ1n) is 6.42. The molecule has 0 bridgehead atoms. The van der Waals surface area contributed by atoms with E-state index in [9.17, 15) is 9.59 Å². The SMILES string of the molecule is CCC1=N[N]C(=NC(=O)C2CCCCC2C(=O)O)S1. The molecule has 1 aliphatic carbocycles. The van der Waals surface area contributed by atoms with Crippen molar-refractivity contribution in [2.24, 2.45) is 21.9 Å². The van der Waals surface area contributed by atoms with Crippen LogP contribution in [0.5, 0.6) is 0 Å². The van der Waals surface area contributed by atoms with Gasteiger partial charge in [-0.15, -0.1) is 10.5 Å². The summed E-state index contributed by atoms with van der Waals surface area (Å²) in [5, 5.41) is 14.2. The van der Waals surface area contributed by atoms with E-state index >= 15 is 0 Å². The van der Waals surface area contributed by atoms with Crippen molar-refractivity contribution in [3.63, 3.8) is 0 Å². The number of carbonyl (C=O) groups is 2. The maximum absolute atomic E-state index is 12.1. The predicted molar refractivity (Wildman–Crippen MR) is 73.0 cm³/mol. The minimum absolute atomic E-state index is 0.330. The number of carboxylic acid groups (broad SMARTS) is 1. The molecule has 2 aliphatic rings. The van der Waals surface area contributed by atoms with Crippen LogP contribution in [0.3, 0.4) is 0 Å². The number of carboxylic acids is 1. The number of rotatable bonds is 3. The third-order valence-corrected chi connectivity index (χ3v) is 4.33. The number of hydrogen-bond acceptors (Lipinski definition) is 4. The highest BCUT2D eigenvalue weighted by atomic mass is 32.2. The number of aliphatic carboxylic acids is 1. The maximum atomic E-state index is 12.1. The van der Waals surface area contributed by atoms with Crippen LogP contribution in [0, 0.1) is 11.8 Å². The summed E-state index contributed by atoms with van der Waals surface area (Å²) in [7, 11) is 0. The van der Waals surface area contributed by atoms with Crippen molar-refractivity contribution in [1.29, 1.82) is 0 Å². The van der Waals surface area contributed by atoms with Gasteiger partial charge in [0.05, 0.1) is 11.8 Å². The first kappa shape index (κ1) is 14.0. The number of carbonyl (C=O) groups excluding carboxylic acids is 1. The average Bonchev–Trinajstić information content (AvgIpc) is 2.86. The first-order chi connectivity index (χ1) is 9.11. The second-order valence-electron chi connectivity index (χ2n) is 4.62. The standard InChI is InChI=1S/C12H16N3O3S/c1-2-9-14-15-12(19-9)13-10(16)7-5-3-4-6-8(7)11(17)18/h7-8H,2-6H2,1H3,(H,17,18). The molecular formula is C12H16N3O3S. The highest BCUT2D eigenvalue weighted by Crippen LogP contribution is 2.31. The molecule has 7 heteroatoms. The monoisotopic (exact) mass is 282 g/mol. The lowest BCUT2D eigenvalue weighted by molar-refractivity contribution is -0.148. The quantitative estimate of drug-likeness (QED) is 0.854. The molecule has 2 atom stereocenters. The molecule has 103 valence electrons. The summed E-state index contributed by atoms with van der Waals surface area (Å²) in [6, 6.07) is 0. The van der Waals surface area contributed by atoms with Gasteiger partial charge in [0.1, 0.15) is 5.04 Å². The maximum Gasteiger partial charge on any atom is 0.307 e. The molecule has 2 rings (SSSR count). The molecule has 0 spiro atoms. The molecule has 0 aromatic heterocycles. The van der Waals surface area contributed by atoms with Crippen LogP contribution in [0.2, 0.25) is 0 Å². The van der Waals surface area contributed by atoms with Gasteiger partial charge in [-0.25, -0.2) is 0 Å². The van der Waals surface area contributed by atoms with Gasteiger partial charge in [0.25, 0.3) is 5.91 Å². The van der Waals surface area contributed by atoms with E-state index in [-0.39, 0.29) is 5.91 Å². The highest BCUT2D eigenvalue weighted by molar-refractivity contribution is 8.26. The summed E-state index contributed by atoms with van der Waals surface area (Å²) >= 11 is 1.28. The molecule has 19 heavy (non-hydrogen) atoms. The summed E-state index contributed by atoms with van der Waals surface area (Å²) in [6.07, 6.45) is 3.64. The van der Waals surface area contributed by atoms with Crippen molar-refractivity contribution in [3.05, 3.63) is 0 Å². The molecule has 1 heterocycles. The Bertz CT molecular complexity index is 448. The summed E-state index contributed by atoms with van der Waals surface area (Å²) in [4.78, 5) is 27.2. The summed E-state index contributed by atoms with van der Waals surface area (Å²) < 4.78 is 0. The van der Waals surface area contributed by atoms with Crippen LogP contribution in [0.25, 0.3) is 0 Å². The summed E-state index contributed by atoms with van der Waals surface area (Å²) in [5.74, 6) is -2.39. The van der Waals surface area contributed by atoms with Crippen LogP contribution in [-0.4, -0.2) is 27.2 Å².